The van der Waals surface area contributed by atoms with Gasteiger partial charge in [0, 0.05) is 17.9 Å². The Morgan fingerprint density at radius 2 is 2.29 bits per heavy atom. The molecule has 0 saturated heterocycles. The molecule has 0 aliphatic carbocycles. The van der Waals surface area contributed by atoms with Crippen LogP contribution in [0, 0.1) is 0 Å². The van der Waals surface area contributed by atoms with E-state index in [9.17, 15) is 4.79 Å². The summed E-state index contributed by atoms with van der Waals surface area (Å²) in [7, 11) is 3.37. The van der Waals surface area contributed by atoms with Crippen molar-refractivity contribution >= 4 is 38.7 Å². The standard InChI is InChI=1S/C14H14N4O2S/c1-18-7-8(6-16-18)17-14(19)13-12(15)11-9(20-2)4-3-5-10(11)21-13/h3-7H,15H2,1-2H3,(H,17,19). The quantitative estimate of drug-likeness (QED) is 0.778. The first-order valence-electron chi connectivity index (χ1n) is 6.25. The molecule has 0 spiro atoms. The first-order valence-corrected chi connectivity index (χ1v) is 7.06. The number of carbonyl (C=O) groups is 1. The van der Waals surface area contributed by atoms with Gasteiger partial charge in [-0.2, -0.15) is 5.10 Å². The van der Waals surface area contributed by atoms with Crippen molar-refractivity contribution in [2.45, 2.75) is 0 Å². The van der Waals surface area contributed by atoms with Crippen LogP contribution < -0.4 is 15.8 Å². The van der Waals surface area contributed by atoms with Gasteiger partial charge in [0.25, 0.3) is 5.91 Å². The van der Waals surface area contributed by atoms with Crippen LogP contribution in [0.4, 0.5) is 11.4 Å². The van der Waals surface area contributed by atoms with Crippen molar-refractivity contribution in [1.29, 1.82) is 0 Å². The van der Waals surface area contributed by atoms with Crippen molar-refractivity contribution in [3.05, 3.63) is 35.5 Å². The molecule has 1 amide bonds. The number of hydrogen-bond donors (Lipinski definition) is 2. The summed E-state index contributed by atoms with van der Waals surface area (Å²) in [5, 5.41) is 7.57. The van der Waals surface area contributed by atoms with E-state index in [2.05, 4.69) is 10.4 Å². The number of aryl methyl sites for hydroxylation is 1. The van der Waals surface area contributed by atoms with Gasteiger partial charge in [-0.3, -0.25) is 9.48 Å². The highest BCUT2D eigenvalue weighted by molar-refractivity contribution is 7.21. The van der Waals surface area contributed by atoms with E-state index >= 15 is 0 Å². The molecule has 2 heterocycles. The molecule has 21 heavy (non-hydrogen) atoms. The Labute approximate surface area is 125 Å². The molecular formula is C14H14N4O2S. The zero-order valence-corrected chi connectivity index (χ0v) is 12.4. The van der Waals surface area contributed by atoms with E-state index < -0.39 is 0 Å². The lowest BCUT2D eigenvalue weighted by molar-refractivity contribution is 0.103. The van der Waals surface area contributed by atoms with Crippen molar-refractivity contribution in [3.8, 4) is 5.75 Å². The number of ether oxygens (including phenoxy) is 1. The fraction of sp³-hybridized carbons (Fsp3) is 0.143. The van der Waals surface area contributed by atoms with Crippen molar-refractivity contribution in [1.82, 2.24) is 9.78 Å². The summed E-state index contributed by atoms with van der Waals surface area (Å²) in [6.07, 6.45) is 3.31. The van der Waals surface area contributed by atoms with E-state index in [1.54, 1.807) is 31.2 Å². The second kappa shape index (κ2) is 5.10. The van der Waals surface area contributed by atoms with E-state index in [4.69, 9.17) is 10.5 Å². The van der Waals surface area contributed by atoms with Crippen LogP contribution in [0.3, 0.4) is 0 Å². The Bertz CT molecular complexity index is 822. The van der Waals surface area contributed by atoms with Gasteiger partial charge < -0.3 is 15.8 Å². The smallest absolute Gasteiger partial charge is 0.267 e. The van der Waals surface area contributed by atoms with Crippen LogP contribution in [0.5, 0.6) is 5.75 Å². The zero-order chi connectivity index (χ0) is 15.0. The summed E-state index contributed by atoms with van der Waals surface area (Å²) in [4.78, 5) is 12.8. The Morgan fingerprint density at radius 3 is 2.95 bits per heavy atom. The van der Waals surface area contributed by atoms with Crippen molar-refractivity contribution < 1.29 is 9.53 Å². The van der Waals surface area contributed by atoms with Crippen LogP contribution in [0.15, 0.2) is 30.6 Å². The summed E-state index contributed by atoms with van der Waals surface area (Å²) in [6.45, 7) is 0. The number of rotatable bonds is 3. The second-order valence-corrected chi connectivity index (χ2v) is 5.59. The van der Waals surface area contributed by atoms with Crippen LogP contribution >= 0.6 is 11.3 Å². The molecule has 108 valence electrons. The Hall–Kier alpha value is -2.54. The molecule has 0 aliphatic rings. The molecule has 1 aromatic carbocycles. The van der Waals surface area contributed by atoms with E-state index in [-0.39, 0.29) is 5.91 Å². The van der Waals surface area contributed by atoms with Crippen LogP contribution in [0.1, 0.15) is 9.67 Å². The Balaban J connectivity index is 2.00. The Morgan fingerprint density at radius 1 is 1.48 bits per heavy atom. The van der Waals surface area contributed by atoms with Crippen LogP contribution in [-0.2, 0) is 7.05 Å². The van der Waals surface area contributed by atoms with E-state index in [0.717, 1.165) is 10.1 Å². The van der Waals surface area contributed by atoms with Crippen LogP contribution in [0.2, 0.25) is 0 Å². The molecule has 0 atom stereocenters. The number of nitrogens with two attached hydrogens (primary N) is 1. The first-order chi connectivity index (χ1) is 10.1. The average Bonchev–Trinajstić information content (AvgIpc) is 3.03. The number of nitrogens with one attached hydrogen (secondary N) is 1. The minimum atomic E-state index is -0.247. The molecule has 0 bridgehead atoms. The lowest BCUT2D eigenvalue weighted by atomic mass is 10.2. The van der Waals surface area contributed by atoms with E-state index in [0.29, 0.717) is 22.0 Å². The van der Waals surface area contributed by atoms with Crippen molar-refractivity contribution in [2.24, 2.45) is 7.05 Å². The maximum atomic E-state index is 12.4. The van der Waals surface area contributed by atoms with Crippen LogP contribution in [-0.4, -0.2) is 22.8 Å². The number of hydrogen-bond acceptors (Lipinski definition) is 5. The lowest BCUT2D eigenvalue weighted by Gasteiger charge is -2.03. The number of fused-ring (bicyclic) bond motifs is 1. The van der Waals surface area contributed by atoms with Crippen LogP contribution in [0.25, 0.3) is 10.1 Å². The largest absolute Gasteiger partial charge is 0.496 e. The molecular weight excluding hydrogens is 288 g/mol. The van der Waals surface area contributed by atoms with Gasteiger partial charge in [0.05, 0.1) is 30.1 Å². The summed E-state index contributed by atoms with van der Waals surface area (Å²) in [5.74, 6) is 0.422. The summed E-state index contributed by atoms with van der Waals surface area (Å²) in [6, 6.07) is 5.62. The number of nitrogens with zero attached hydrogens (tertiary/aromatic N) is 2. The highest BCUT2D eigenvalue weighted by atomic mass is 32.1. The van der Waals surface area contributed by atoms with Crippen molar-refractivity contribution in [3.63, 3.8) is 0 Å². The molecule has 0 saturated carbocycles. The number of aromatic nitrogens is 2. The number of nitrogen functional groups attached to an aromatic ring is 1. The average molecular weight is 302 g/mol. The topological polar surface area (TPSA) is 82.2 Å². The third-order valence-electron chi connectivity index (χ3n) is 3.10. The fourth-order valence-corrected chi connectivity index (χ4v) is 3.19. The molecule has 3 aromatic rings. The van der Waals surface area contributed by atoms with Crippen molar-refractivity contribution in [2.75, 3.05) is 18.2 Å². The predicted octanol–water partition coefficient (Wildman–Crippen LogP) is 2.48. The normalized spacial score (nSPS) is 10.8. The number of benzene rings is 1. The van der Waals surface area contributed by atoms with Gasteiger partial charge in [-0.25, -0.2) is 0 Å². The maximum absolute atomic E-state index is 12.4. The highest BCUT2D eigenvalue weighted by Gasteiger charge is 2.19. The number of thiophene rings is 1. The van der Waals surface area contributed by atoms with Gasteiger partial charge in [0.15, 0.2) is 0 Å². The second-order valence-electron chi connectivity index (χ2n) is 4.54. The molecule has 0 radical (unpaired) electrons. The number of anilines is 2. The highest BCUT2D eigenvalue weighted by Crippen LogP contribution is 2.39. The molecule has 3 rings (SSSR count). The van der Waals surface area contributed by atoms with Gasteiger partial charge in [0.2, 0.25) is 0 Å². The van der Waals surface area contributed by atoms with Gasteiger partial charge in [-0.15, -0.1) is 11.3 Å². The minimum Gasteiger partial charge on any atom is -0.496 e. The van der Waals surface area contributed by atoms with Gasteiger partial charge in [-0.05, 0) is 12.1 Å². The zero-order valence-electron chi connectivity index (χ0n) is 11.6. The van der Waals surface area contributed by atoms with Gasteiger partial charge in [-0.1, -0.05) is 6.07 Å². The minimum absolute atomic E-state index is 0.247. The van der Waals surface area contributed by atoms with E-state index in [1.165, 1.54) is 11.3 Å². The fourth-order valence-electron chi connectivity index (χ4n) is 2.15. The number of amides is 1. The predicted molar refractivity (Wildman–Crippen MR) is 84.0 cm³/mol. The molecule has 7 heteroatoms. The molecule has 3 N–H and O–H groups in total. The van der Waals surface area contributed by atoms with Gasteiger partial charge in [0.1, 0.15) is 10.6 Å². The van der Waals surface area contributed by atoms with Gasteiger partial charge >= 0.3 is 0 Å². The lowest BCUT2D eigenvalue weighted by Crippen LogP contribution is -2.11. The molecule has 0 unspecified atom stereocenters. The molecule has 0 aliphatic heterocycles. The summed E-state index contributed by atoms with van der Waals surface area (Å²) >= 11 is 1.34. The Kier molecular flexibility index (Phi) is 3.26. The van der Waals surface area contributed by atoms with E-state index in [1.807, 2.05) is 18.2 Å². The third kappa shape index (κ3) is 2.31. The number of carbonyl (C=O) groups excluding carboxylic acids is 1. The maximum Gasteiger partial charge on any atom is 0.267 e. The third-order valence-corrected chi connectivity index (χ3v) is 4.27. The molecule has 2 aromatic heterocycles. The summed E-state index contributed by atoms with van der Waals surface area (Å²) in [5.41, 5.74) is 7.19. The molecule has 0 fully saturated rings. The molecule has 6 nitrogen and oxygen atoms in total. The first kappa shape index (κ1) is 13.4. The monoisotopic (exact) mass is 302 g/mol. The summed E-state index contributed by atoms with van der Waals surface area (Å²) < 4.78 is 7.84. The number of methoxy groups -OCH3 is 1. The SMILES string of the molecule is COc1cccc2sc(C(=O)Nc3cnn(C)c3)c(N)c12.